The number of allylic oxidation sites excluding steroid dienone is 20. The van der Waals surface area contributed by atoms with Crippen LogP contribution in [0.4, 0.5) is 0 Å². The SMILES string of the molecule is CC1=C(/C=C/C(C)=C/C=C/C(C)=C/C=C/C=C(C)/C=C/C=C(C)/C=C/C2=C(C)C(=O)[C@@H](O)CC2(C)C)C(C)(C)C[C@H](O)C1=O.O=C(O[C@@H]1Cc2c(O)cc(O)cc2O[C@@H]1c1cc(O)c(O)c(O)c1)c1cc(O)c(O)c(O)c1. The Labute approximate surface area is 449 Å². The minimum atomic E-state index is -1.18. The van der Waals surface area contributed by atoms with Gasteiger partial charge in [0.1, 0.15) is 35.6 Å². The Hall–Kier alpha value is -8.27. The lowest BCUT2D eigenvalue weighted by atomic mass is 9.71. The lowest BCUT2D eigenvalue weighted by Gasteiger charge is -2.34. The van der Waals surface area contributed by atoms with Gasteiger partial charge in [-0.15, -0.1) is 0 Å². The van der Waals surface area contributed by atoms with E-state index < -0.39 is 64.9 Å². The molecule has 408 valence electrons. The Bertz CT molecular complexity index is 2990. The Morgan fingerprint density at radius 2 is 0.974 bits per heavy atom. The van der Waals surface area contributed by atoms with Crippen LogP contribution in [0.3, 0.4) is 0 Å². The van der Waals surface area contributed by atoms with E-state index in [1.807, 2.05) is 74.6 Å². The van der Waals surface area contributed by atoms with E-state index in [-0.39, 0.29) is 62.8 Å². The maximum absolute atomic E-state index is 12.7. The first kappa shape index (κ1) is 59.6. The zero-order valence-corrected chi connectivity index (χ0v) is 45.0. The topological polar surface area (TPSA) is 272 Å². The number of aliphatic hydroxyl groups is 2. The highest BCUT2D eigenvalue weighted by Gasteiger charge is 2.39. The third-order valence-electron chi connectivity index (χ3n) is 13.5. The minimum absolute atomic E-state index is 0.0526. The molecule has 6 rings (SSSR count). The molecule has 1 heterocycles. The monoisotopic (exact) mass is 1050 g/mol. The summed E-state index contributed by atoms with van der Waals surface area (Å²) in [5, 5.41) is 98.3. The van der Waals surface area contributed by atoms with E-state index in [1.54, 1.807) is 13.8 Å². The number of ether oxygens (including phenoxy) is 2. The highest BCUT2D eigenvalue weighted by Crippen LogP contribution is 2.47. The minimum Gasteiger partial charge on any atom is -0.508 e. The van der Waals surface area contributed by atoms with Crippen molar-refractivity contribution >= 4 is 17.5 Å². The van der Waals surface area contributed by atoms with Gasteiger partial charge in [-0.05, 0) is 112 Å². The average molecular weight is 1060 g/mol. The molecule has 0 saturated heterocycles. The summed E-state index contributed by atoms with van der Waals surface area (Å²) in [5.41, 5.74) is 7.14. The smallest absolute Gasteiger partial charge is 0.338 e. The Kier molecular flexibility index (Phi) is 19.4. The van der Waals surface area contributed by atoms with Crippen molar-refractivity contribution in [1.82, 2.24) is 0 Å². The number of benzene rings is 3. The van der Waals surface area contributed by atoms with Crippen LogP contribution >= 0.6 is 0 Å². The van der Waals surface area contributed by atoms with Gasteiger partial charge in [0.25, 0.3) is 0 Å². The zero-order chi connectivity index (χ0) is 57.3. The van der Waals surface area contributed by atoms with Gasteiger partial charge in [-0.25, -0.2) is 4.79 Å². The largest absolute Gasteiger partial charge is 0.508 e. The standard InChI is InChI=1S/C40H52O4.C22H18O11/c1-27(17-13-19-29(3)21-23-33-31(5)37(43)35(41)25-39(33,7)8)15-11-12-16-28(2)18-14-20-30(4)22-24-34-32(6)38(44)36(42)26-40(34,9)10;23-10-5-12(24)11-7-18(33-22(31)9-3-15(27)20(30)16(28)4-9)21(32-17(11)6-10)8-1-13(25)19(29)14(26)2-8/h11-24,35-36,41-42H,25-26H2,1-10H3;1-6,18,21,23-30H,7H2/b12-11+,17-13+,18-14+,23-21+,24-22+,27-15+,28-16+,29-19+,30-20+;/t35-,36-;18-,21-/m01/s1. The van der Waals surface area contributed by atoms with Crippen LogP contribution in [0.25, 0.3) is 0 Å². The number of phenols is 8. The van der Waals surface area contributed by atoms with Crippen LogP contribution in [0.5, 0.6) is 51.7 Å². The molecule has 0 saturated carbocycles. The van der Waals surface area contributed by atoms with Gasteiger partial charge < -0.3 is 60.5 Å². The molecule has 3 aliphatic rings. The Morgan fingerprint density at radius 3 is 1.42 bits per heavy atom. The highest BCUT2D eigenvalue weighted by molar-refractivity contribution is 6.01. The summed E-state index contributed by atoms with van der Waals surface area (Å²) >= 11 is 0. The first-order chi connectivity index (χ1) is 36.0. The molecule has 0 bridgehead atoms. The summed E-state index contributed by atoms with van der Waals surface area (Å²) in [5.74, 6) is -6.41. The number of Topliss-reactive ketones (excluding diaryl/α,β-unsaturated/α-hetero) is 2. The number of esters is 1. The molecular formula is C62H70O15. The van der Waals surface area contributed by atoms with Gasteiger partial charge in [-0.1, -0.05) is 135 Å². The van der Waals surface area contributed by atoms with Crippen molar-refractivity contribution in [2.45, 2.75) is 113 Å². The van der Waals surface area contributed by atoms with Gasteiger partial charge in [0, 0.05) is 29.7 Å². The first-order valence-electron chi connectivity index (χ1n) is 24.9. The van der Waals surface area contributed by atoms with Crippen molar-refractivity contribution in [1.29, 1.82) is 0 Å². The first-order valence-corrected chi connectivity index (χ1v) is 24.9. The third kappa shape index (κ3) is 15.2. The number of rotatable bonds is 13. The normalized spacial score (nSPS) is 21.4. The Balaban J connectivity index is 0.000000295. The van der Waals surface area contributed by atoms with Gasteiger partial charge in [0.05, 0.1) is 5.56 Å². The highest BCUT2D eigenvalue weighted by atomic mass is 16.6. The molecular weight excluding hydrogens is 985 g/mol. The summed E-state index contributed by atoms with van der Waals surface area (Å²) in [6, 6.07) is 6.18. The van der Waals surface area contributed by atoms with Crippen LogP contribution in [0.2, 0.25) is 0 Å². The van der Waals surface area contributed by atoms with E-state index in [0.717, 1.165) is 63.8 Å². The molecule has 3 aromatic rings. The zero-order valence-electron chi connectivity index (χ0n) is 45.0. The van der Waals surface area contributed by atoms with Crippen molar-refractivity contribution < 1.29 is 74.9 Å². The predicted octanol–water partition coefficient (Wildman–Crippen LogP) is 11.1. The van der Waals surface area contributed by atoms with E-state index in [9.17, 15) is 65.4 Å². The molecule has 3 aromatic carbocycles. The van der Waals surface area contributed by atoms with Gasteiger partial charge in [-0.3, -0.25) is 9.59 Å². The third-order valence-corrected chi connectivity index (χ3v) is 13.5. The van der Waals surface area contributed by atoms with Gasteiger partial charge >= 0.3 is 5.97 Å². The van der Waals surface area contributed by atoms with Crippen LogP contribution in [0, 0.1) is 10.8 Å². The number of carbonyl (C=O) groups excluding carboxylic acids is 3. The van der Waals surface area contributed by atoms with E-state index >= 15 is 0 Å². The lowest BCUT2D eigenvalue weighted by Crippen LogP contribution is -2.35. The quantitative estimate of drug-likeness (QED) is 0.0433. The van der Waals surface area contributed by atoms with Gasteiger partial charge in [-0.2, -0.15) is 0 Å². The molecule has 0 unspecified atom stereocenters. The molecule has 0 spiro atoms. The summed E-state index contributed by atoms with van der Waals surface area (Å²) in [6.07, 6.45) is 25.0. The van der Waals surface area contributed by atoms with E-state index in [1.165, 1.54) is 6.07 Å². The summed E-state index contributed by atoms with van der Waals surface area (Å²) in [7, 11) is 0. The fourth-order valence-electron chi connectivity index (χ4n) is 9.17. The molecule has 0 amide bonds. The number of fused-ring (bicyclic) bond motifs is 1. The van der Waals surface area contributed by atoms with E-state index in [4.69, 9.17) is 9.47 Å². The maximum Gasteiger partial charge on any atom is 0.338 e. The van der Waals surface area contributed by atoms with Crippen molar-refractivity contribution in [2.24, 2.45) is 10.8 Å². The molecule has 15 heteroatoms. The molecule has 10 N–H and O–H groups in total. The van der Waals surface area contributed by atoms with Crippen LogP contribution in [-0.4, -0.2) is 86.9 Å². The average Bonchev–Trinajstić information content (AvgIpc) is 3.34. The molecule has 1 aliphatic heterocycles. The number of phenolic OH excluding ortho intramolecular Hbond substituents is 8. The fraction of sp³-hybridized carbons (Fsp3) is 0.306. The van der Waals surface area contributed by atoms with Crippen LogP contribution < -0.4 is 4.74 Å². The van der Waals surface area contributed by atoms with Crippen molar-refractivity contribution in [2.75, 3.05) is 0 Å². The number of hydrogen-bond acceptors (Lipinski definition) is 15. The number of hydrogen-bond donors (Lipinski definition) is 10. The van der Waals surface area contributed by atoms with Crippen LogP contribution in [-0.2, 0) is 20.7 Å². The van der Waals surface area contributed by atoms with Crippen LogP contribution in [0.15, 0.2) is 166 Å². The number of aromatic hydroxyl groups is 8. The van der Waals surface area contributed by atoms with Crippen molar-refractivity contribution in [3.05, 3.63) is 183 Å². The van der Waals surface area contributed by atoms with Crippen molar-refractivity contribution in [3.63, 3.8) is 0 Å². The second kappa shape index (κ2) is 25.0. The second-order valence-electron chi connectivity index (χ2n) is 20.8. The summed E-state index contributed by atoms with van der Waals surface area (Å²) < 4.78 is 11.3. The molecule has 15 nitrogen and oxygen atoms in total. The maximum atomic E-state index is 12.7. The van der Waals surface area contributed by atoms with Gasteiger partial charge in [0.2, 0.25) is 0 Å². The fourth-order valence-corrected chi connectivity index (χ4v) is 9.17. The van der Waals surface area contributed by atoms with Crippen LogP contribution in [0.1, 0.15) is 110 Å². The number of aliphatic hydroxyl groups excluding tert-OH is 2. The second-order valence-corrected chi connectivity index (χ2v) is 20.8. The molecule has 4 atom stereocenters. The molecule has 77 heavy (non-hydrogen) atoms. The van der Waals surface area contributed by atoms with E-state index in [2.05, 4.69) is 65.8 Å². The lowest BCUT2D eigenvalue weighted by molar-refractivity contribution is -0.126. The van der Waals surface area contributed by atoms with Gasteiger partial charge in [0.15, 0.2) is 52.2 Å². The summed E-state index contributed by atoms with van der Waals surface area (Å²) in [4.78, 5) is 37.2. The molecule has 0 radical (unpaired) electrons. The predicted molar refractivity (Wildman–Crippen MR) is 294 cm³/mol. The molecule has 0 fully saturated rings. The summed E-state index contributed by atoms with van der Waals surface area (Å²) in [6.45, 7) is 20.0. The number of carbonyl (C=O) groups is 3. The molecule has 0 aromatic heterocycles. The number of ketones is 2. The van der Waals surface area contributed by atoms with Crippen molar-refractivity contribution in [3.8, 4) is 51.7 Å². The Morgan fingerprint density at radius 1 is 0.571 bits per heavy atom. The molecule has 2 aliphatic carbocycles. The van der Waals surface area contributed by atoms with E-state index in [0.29, 0.717) is 24.0 Å².